The highest BCUT2D eigenvalue weighted by atomic mass is 16.5. The molecule has 2 N–H and O–H groups in total. The number of carbonyl (C=O) groups is 1. The van der Waals surface area contributed by atoms with E-state index in [9.17, 15) is 9.90 Å². The van der Waals surface area contributed by atoms with Gasteiger partial charge in [0.15, 0.2) is 0 Å². The van der Waals surface area contributed by atoms with Crippen molar-refractivity contribution in [3.8, 4) is 0 Å². The van der Waals surface area contributed by atoms with Gasteiger partial charge < -0.3 is 19.9 Å². The Morgan fingerprint density at radius 2 is 1.97 bits per heavy atom. The van der Waals surface area contributed by atoms with E-state index >= 15 is 0 Å². The fourth-order valence-electron chi connectivity index (χ4n) is 5.45. The fourth-order valence-corrected chi connectivity index (χ4v) is 5.45. The lowest BCUT2D eigenvalue weighted by atomic mass is 9.95. The van der Waals surface area contributed by atoms with Crippen LogP contribution in [0.4, 0.5) is 5.82 Å². The van der Waals surface area contributed by atoms with E-state index in [4.69, 9.17) is 14.5 Å². The molecule has 0 amide bonds. The average Bonchev–Trinajstić information content (AvgIpc) is 3.32. The number of carboxylic acids is 1. The molecule has 7 heteroatoms. The number of rotatable bonds is 12. The van der Waals surface area contributed by atoms with Crippen LogP contribution in [0.3, 0.4) is 0 Å². The summed E-state index contributed by atoms with van der Waals surface area (Å²) in [5.41, 5.74) is 4.29. The lowest BCUT2D eigenvalue weighted by Gasteiger charge is -2.28. The van der Waals surface area contributed by atoms with Crippen LogP contribution in [0.5, 0.6) is 0 Å². The Bertz CT molecular complexity index is 1030. The number of anilines is 1. The van der Waals surface area contributed by atoms with Crippen molar-refractivity contribution in [2.45, 2.75) is 82.6 Å². The van der Waals surface area contributed by atoms with Crippen LogP contribution in [-0.2, 0) is 33.7 Å². The Balaban J connectivity index is 1.08. The van der Waals surface area contributed by atoms with E-state index in [-0.39, 0.29) is 6.10 Å². The molecule has 194 valence electrons. The molecule has 3 heterocycles. The number of aryl methyl sites for hydroxylation is 2. The van der Waals surface area contributed by atoms with Gasteiger partial charge in [-0.2, -0.15) is 0 Å². The molecule has 2 fully saturated rings. The van der Waals surface area contributed by atoms with Crippen molar-refractivity contribution >= 4 is 11.8 Å². The monoisotopic (exact) mass is 493 g/mol. The number of benzene rings is 1. The maximum absolute atomic E-state index is 12.3. The minimum atomic E-state index is -0.807. The zero-order valence-corrected chi connectivity index (χ0v) is 21.2. The summed E-state index contributed by atoms with van der Waals surface area (Å²) in [4.78, 5) is 19.2. The van der Waals surface area contributed by atoms with Crippen molar-refractivity contribution in [1.29, 1.82) is 0 Å². The number of fused-ring (bicyclic) bond motifs is 1. The van der Waals surface area contributed by atoms with Crippen molar-refractivity contribution in [1.82, 2.24) is 9.88 Å². The molecule has 1 aliphatic carbocycles. The second-order valence-electron chi connectivity index (χ2n) is 10.4. The Morgan fingerprint density at radius 3 is 2.81 bits per heavy atom. The van der Waals surface area contributed by atoms with Gasteiger partial charge in [0.05, 0.1) is 18.8 Å². The third-order valence-corrected chi connectivity index (χ3v) is 7.78. The predicted octanol–water partition coefficient (Wildman–Crippen LogP) is 4.75. The van der Waals surface area contributed by atoms with Crippen LogP contribution in [-0.4, -0.2) is 59.4 Å². The molecule has 0 unspecified atom stereocenters. The number of unbranched alkanes of at least 4 members (excludes halogenated alkanes) is 1. The lowest BCUT2D eigenvalue weighted by Crippen LogP contribution is -2.34. The largest absolute Gasteiger partial charge is 0.480 e. The van der Waals surface area contributed by atoms with Gasteiger partial charge in [0, 0.05) is 31.9 Å². The number of hydrogen-bond acceptors (Lipinski definition) is 6. The van der Waals surface area contributed by atoms with Crippen molar-refractivity contribution in [2.75, 3.05) is 31.6 Å². The summed E-state index contributed by atoms with van der Waals surface area (Å²) in [7, 11) is 0. The van der Waals surface area contributed by atoms with Crippen molar-refractivity contribution in [2.24, 2.45) is 0 Å². The van der Waals surface area contributed by atoms with Gasteiger partial charge in [-0.1, -0.05) is 30.3 Å². The minimum Gasteiger partial charge on any atom is -0.480 e. The van der Waals surface area contributed by atoms with Crippen LogP contribution in [0.25, 0.3) is 0 Å². The van der Waals surface area contributed by atoms with Crippen LogP contribution in [0.1, 0.15) is 73.4 Å². The van der Waals surface area contributed by atoms with E-state index in [2.05, 4.69) is 22.3 Å². The predicted molar refractivity (Wildman–Crippen MR) is 139 cm³/mol. The van der Waals surface area contributed by atoms with Crippen molar-refractivity contribution in [3.63, 3.8) is 0 Å². The van der Waals surface area contributed by atoms with E-state index < -0.39 is 12.0 Å². The van der Waals surface area contributed by atoms with Gasteiger partial charge in [-0.25, -0.2) is 4.98 Å². The van der Waals surface area contributed by atoms with Crippen molar-refractivity contribution in [3.05, 3.63) is 58.8 Å². The van der Waals surface area contributed by atoms with Gasteiger partial charge in [0.25, 0.3) is 0 Å². The summed E-state index contributed by atoms with van der Waals surface area (Å²) in [5.74, 6) is 0.254. The van der Waals surface area contributed by atoms with Crippen LogP contribution in [0, 0.1) is 0 Å². The summed E-state index contributed by atoms with van der Waals surface area (Å²) < 4.78 is 12.2. The first-order valence-corrected chi connectivity index (χ1v) is 13.7. The number of aromatic nitrogens is 1. The molecule has 2 aromatic rings. The number of pyridine rings is 1. The maximum Gasteiger partial charge on any atom is 0.325 e. The molecule has 2 aliphatic heterocycles. The number of aliphatic carboxylic acids is 1. The first kappa shape index (κ1) is 25.2. The zero-order chi connectivity index (χ0) is 24.7. The molecule has 0 bridgehead atoms. The topological polar surface area (TPSA) is 83.9 Å². The molecule has 7 nitrogen and oxygen atoms in total. The molecule has 2 atom stereocenters. The van der Waals surface area contributed by atoms with Gasteiger partial charge in [-0.15, -0.1) is 0 Å². The third-order valence-electron chi connectivity index (χ3n) is 7.78. The van der Waals surface area contributed by atoms with Gasteiger partial charge in [0.1, 0.15) is 11.9 Å². The average molecular weight is 494 g/mol. The highest BCUT2D eigenvalue weighted by molar-refractivity contribution is 5.76. The molecule has 0 radical (unpaired) electrons. The number of hydrogen-bond donors (Lipinski definition) is 2. The minimum absolute atomic E-state index is 0.0799. The highest BCUT2D eigenvalue weighted by Crippen LogP contribution is 2.31. The Labute approximate surface area is 214 Å². The molecule has 1 saturated carbocycles. The van der Waals surface area contributed by atoms with Crippen LogP contribution < -0.4 is 5.32 Å². The molecule has 36 heavy (non-hydrogen) atoms. The number of nitrogens with zero attached hydrogens (tertiary/aromatic N) is 2. The van der Waals surface area contributed by atoms with E-state index in [0.717, 1.165) is 80.7 Å². The second-order valence-corrected chi connectivity index (χ2v) is 10.4. The summed E-state index contributed by atoms with van der Waals surface area (Å²) in [6.07, 6.45) is 9.97. The smallest absolute Gasteiger partial charge is 0.325 e. The van der Waals surface area contributed by atoms with E-state index in [1.807, 2.05) is 24.3 Å². The third kappa shape index (κ3) is 6.25. The summed E-state index contributed by atoms with van der Waals surface area (Å²) >= 11 is 0. The quantitative estimate of drug-likeness (QED) is 0.413. The normalized spacial score (nSPS) is 20.9. The second kappa shape index (κ2) is 12.2. The van der Waals surface area contributed by atoms with E-state index in [1.54, 1.807) is 0 Å². The molecule has 1 saturated heterocycles. The number of ether oxygens (including phenoxy) is 2. The Morgan fingerprint density at radius 1 is 1.08 bits per heavy atom. The summed E-state index contributed by atoms with van der Waals surface area (Å²) in [6.45, 7) is 3.56. The Hall–Kier alpha value is -2.48. The van der Waals surface area contributed by atoms with E-state index in [0.29, 0.717) is 25.9 Å². The standard InChI is InChI=1S/C29H39N3O4/c33-29(34)27(26-12-2-1-7-22(26)20-36-24-10-5-11-24)32-17-15-25(19-32)35-18-4-3-9-23-14-13-21-8-6-16-30-28(21)31-23/h1-2,7,12-14,24-25,27H,3-6,8-11,15-20H2,(H,30,31)(H,33,34)/t25-,27-/m1/s1. The lowest BCUT2D eigenvalue weighted by molar-refractivity contribution is -0.143. The van der Waals surface area contributed by atoms with Crippen LogP contribution in [0.2, 0.25) is 0 Å². The number of carboxylic acid groups (broad SMARTS) is 1. The van der Waals surface area contributed by atoms with Crippen LogP contribution >= 0.6 is 0 Å². The fraction of sp³-hybridized carbons (Fsp3) is 0.586. The maximum atomic E-state index is 12.3. The van der Waals surface area contributed by atoms with Gasteiger partial charge >= 0.3 is 5.97 Å². The molecule has 0 spiro atoms. The number of nitrogens with one attached hydrogen (secondary N) is 1. The highest BCUT2D eigenvalue weighted by Gasteiger charge is 2.35. The summed E-state index contributed by atoms with van der Waals surface area (Å²) in [6, 6.07) is 11.5. The molecule has 5 rings (SSSR count). The zero-order valence-electron chi connectivity index (χ0n) is 21.2. The molecule has 1 aromatic heterocycles. The van der Waals surface area contributed by atoms with Gasteiger partial charge in [0.2, 0.25) is 0 Å². The van der Waals surface area contributed by atoms with Crippen LogP contribution in [0.15, 0.2) is 36.4 Å². The Kier molecular flexibility index (Phi) is 8.51. The molecule has 3 aliphatic rings. The van der Waals surface area contributed by atoms with E-state index in [1.165, 1.54) is 18.4 Å². The SMILES string of the molecule is O=C(O)[C@@H](c1ccccc1COC1CCC1)N1CC[C@@H](OCCCCc2ccc3c(n2)NCCC3)C1. The molecule has 1 aromatic carbocycles. The number of likely N-dealkylation sites (tertiary alicyclic amines) is 1. The van der Waals surface area contributed by atoms with Crippen molar-refractivity contribution < 1.29 is 19.4 Å². The first-order chi connectivity index (χ1) is 17.7. The molecular formula is C29H39N3O4. The molecular weight excluding hydrogens is 454 g/mol. The first-order valence-electron chi connectivity index (χ1n) is 13.7. The van der Waals surface area contributed by atoms with Gasteiger partial charge in [-0.3, -0.25) is 9.69 Å². The van der Waals surface area contributed by atoms with Gasteiger partial charge in [-0.05, 0) is 80.5 Å². The summed E-state index contributed by atoms with van der Waals surface area (Å²) in [5, 5.41) is 13.5.